The van der Waals surface area contributed by atoms with Crippen LogP contribution in [0.4, 0.5) is 23.7 Å². The van der Waals surface area contributed by atoms with Crippen molar-refractivity contribution in [2.75, 3.05) is 18.4 Å². The molecule has 1 aromatic carbocycles. The first kappa shape index (κ1) is 16.2. The molecular weight excluding hydrogens is 328 g/mol. The van der Waals surface area contributed by atoms with Crippen molar-refractivity contribution in [3.8, 4) is 0 Å². The van der Waals surface area contributed by atoms with Crippen LogP contribution in [0.15, 0.2) is 18.2 Å². The average molecular weight is 341 g/mol. The van der Waals surface area contributed by atoms with Crippen LogP contribution in [0.25, 0.3) is 0 Å². The molecule has 1 atom stereocenters. The third-order valence-electron chi connectivity index (χ3n) is 3.36. The van der Waals surface area contributed by atoms with E-state index in [1.165, 1.54) is 6.07 Å². The van der Waals surface area contributed by atoms with Crippen molar-refractivity contribution in [2.24, 2.45) is 5.92 Å². The maximum atomic E-state index is 12.7. The molecule has 1 N–H and O–H groups in total. The van der Waals surface area contributed by atoms with Crippen molar-refractivity contribution < 1.29 is 18.0 Å². The highest BCUT2D eigenvalue weighted by Crippen LogP contribution is 2.34. The van der Waals surface area contributed by atoms with Crippen LogP contribution in [0.5, 0.6) is 0 Å². The standard InChI is InChI=1S/C13H13Cl2F3N2O/c14-9-4-1-5-10(11(9)15)19-12(21)20-6-2-3-8(7-20)13(16,17)18/h1,4-5,8H,2-3,6-7H2,(H,19,21)/t8-/m1/s1. The van der Waals surface area contributed by atoms with Gasteiger partial charge in [-0.25, -0.2) is 4.79 Å². The van der Waals surface area contributed by atoms with E-state index < -0.39 is 18.1 Å². The Morgan fingerprint density at radius 2 is 2.05 bits per heavy atom. The first-order valence-corrected chi connectivity index (χ1v) is 7.11. The van der Waals surface area contributed by atoms with Crippen molar-refractivity contribution in [3.63, 3.8) is 0 Å². The van der Waals surface area contributed by atoms with E-state index in [-0.39, 0.29) is 35.2 Å². The number of alkyl halides is 3. The fourth-order valence-corrected chi connectivity index (χ4v) is 2.57. The zero-order valence-electron chi connectivity index (χ0n) is 10.9. The van der Waals surface area contributed by atoms with Crippen LogP contribution in [-0.4, -0.2) is 30.2 Å². The van der Waals surface area contributed by atoms with Gasteiger partial charge in [0.25, 0.3) is 0 Å². The second kappa shape index (κ2) is 6.32. The van der Waals surface area contributed by atoms with Gasteiger partial charge in [0.15, 0.2) is 0 Å². The molecule has 116 valence electrons. The molecule has 0 spiro atoms. The van der Waals surface area contributed by atoms with Gasteiger partial charge in [-0.1, -0.05) is 29.3 Å². The molecule has 0 aliphatic carbocycles. The predicted octanol–water partition coefficient (Wildman–Crippen LogP) is 4.80. The van der Waals surface area contributed by atoms with Crippen LogP contribution in [0.1, 0.15) is 12.8 Å². The van der Waals surface area contributed by atoms with E-state index in [0.717, 1.165) is 4.90 Å². The van der Waals surface area contributed by atoms with Crippen LogP contribution in [0, 0.1) is 5.92 Å². The van der Waals surface area contributed by atoms with E-state index in [4.69, 9.17) is 23.2 Å². The highest BCUT2D eigenvalue weighted by molar-refractivity contribution is 6.43. The summed E-state index contributed by atoms with van der Waals surface area (Å²) in [7, 11) is 0. The monoisotopic (exact) mass is 340 g/mol. The molecule has 0 unspecified atom stereocenters. The van der Waals surface area contributed by atoms with E-state index >= 15 is 0 Å². The minimum Gasteiger partial charge on any atom is -0.324 e. The van der Waals surface area contributed by atoms with Gasteiger partial charge >= 0.3 is 12.2 Å². The zero-order chi connectivity index (χ0) is 15.6. The van der Waals surface area contributed by atoms with Crippen LogP contribution in [-0.2, 0) is 0 Å². The maximum Gasteiger partial charge on any atom is 0.393 e. The van der Waals surface area contributed by atoms with Gasteiger partial charge in [-0.05, 0) is 25.0 Å². The third-order valence-corrected chi connectivity index (χ3v) is 4.18. The predicted molar refractivity (Wildman–Crippen MR) is 75.8 cm³/mol. The molecule has 0 bridgehead atoms. The Kier molecular flexibility index (Phi) is 4.88. The second-order valence-corrected chi connectivity index (χ2v) is 5.64. The first-order chi connectivity index (χ1) is 9.79. The number of amides is 2. The number of anilines is 1. The van der Waals surface area contributed by atoms with Crippen LogP contribution >= 0.6 is 23.2 Å². The van der Waals surface area contributed by atoms with Gasteiger partial charge in [0.05, 0.1) is 21.7 Å². The lowest BCUT2D eigenvalue weighted by atomic mass is 9.98. The molecule has 2 amide bonds. The van der Waals surface area contributed by atoms with Gasteiger partial charge in [-0.15, -0.1) is 0 Å². The molecule has 2 rings (SSSR count). The van der Waals surface area contributed by atoms with E-state index in [1.807, 2.05) is 0 Å². The number of carbonyl (C=O) groups excluding carboxylic acids is 1. The Labute approximate surface area is 130 Å². The Bertz CT molecular complexity index is 537. The van der Waals surface area contributed by atoms with E-state index in [0.29, 0.717) is 6.42 Å². The summed E-state index contributed by atoms with van der Waals surface area (Å²) in [5, 5.41) is 2.92. The first-order valence-electron chi connectivity index (χ1n) is 6.35. The van der Waals surface area contributed by atoms with Crippen molar-refractivity contribution >= 4 is 34.9 Å². The number of carbonyl (C=O) groups is 1. The number of benzene rings is 1. The number of nitrogens with zero attached hydrogens (tertiary/aromatic N) is 1. The summed E-state index contributed by atoms with van der Waals surface area (Å²) in [4.78, 5) is 13.2. The summed E-state index contributed by atoms with van der Waals surface area (Å²) >= 11 is 11.8. The summed E-state index contributed by atoms with van der Waals surface area (Å²) in [5.41, 5.74) is 0.281. The van der Waals surface area contributed by atoms with Gasteiger partial charge in [0.2, 0.25) is 0 Å². The summed E-state index contributed by atoms with van der Waals surface area (Å²) in [6.45, 7) is -0.0515. The summed E-state index contributed by atoms with van der Waals surface area (Å²) in [6.07, 6.45) is -3.92. The number of urea groups is 1. The zero-order valence-corrected chi connectivity index (χ0v) is 12.4. The highest BCUT2D eigenvalue weighted by atomic mass is 35.5. The topological polar surface area (TPSA) is 32.3 Å². The largest absolute Gasteiger partial charge is 0.393 e. The number of nitrogens with one attached hydrogen (secondary N) is 1. The Morgan fingerprint density at radius 1 is 1.33 bits per heavy atom. The van der Waals surface area contributed by atoms with Crippen molar-refractivity contribution in [1.82, 2.24) is 4.90 Å². The van der Waals surface area contributed by atoms with E-state index in [2.05, 4.69) is 5.32 Å². The SMILES string of the molecule is O=C(Nc1cccc(Cl)c1Cl)N1CCC[C@@H](C(F)(F)F)C1. The minimum atomic E-state index is -4.29. The molecule has 1 aromatic rings. The Morgan fingerprint density at radius 3 is 2.71 bits per heavy atom. The molecule has 1 saturated heterocycles. The molecule has 1 heterocycles. The fourth-order valence-electron chi connectivity index (χ4n) is 2.22. The van der Waals surface area contributed by atoms with Crippen molar-refractivity contribution in [1.29, 1.82) is 0 Å². The molecule has 1 fully saturated rings. The fraction of sp³-hybridized carbons (Fsp3) is 0.462. The lowest BCUT2D eigenvalue weighted by molar-refractivity contribution is -0.183. The average Bonchev–Trinajstić information content (AvgIpc) is 2.43. The quantitative estimate of drug-likeness (QED) is 0.782. The maximum absolute atomic E-state index is 12.7. The highest BCUT2D eigenvalue weighted by Gasteiger charge is 2.42. The summed E-state index contributed by atoms with van der Waals surface area (Å²) in [5.74, 6) is -1.48. The van der Waals surface area contributed by atoms with Gasteiger partial charge in [0.1, 0.15) is 0 Å². The van der Waals surface area contributed by atoms with Crippen LogP contribution < -0.4 is 5.32 Å². The van der Waals surface area contributed by atoms with Gasteiger partial charge in [-0.2, -0.15) is 13.2 Å². The smallest absolute Gasteiger partial charge is 0.324 e. The molecule has 0 radical (unpaired) electrons. The molecule has 8 heteroatoms. The van der Waals surface area contributed by atoms with Gasteiger partial charge < -0.3 is 10.2 Å². The number of halogens is 5. The van der Waals surface area contributed by atoms with Crippen LogP contribution in [0.2, 0.25) is 10.0 Å². The molecule has 1 aliphatic heterocycles. The normalized spacial score (nSPS) is 19.5. The summed E-state index contributed by atoms with van der Waals surface area (Å²) < 4.78 is 38.2. The third kappa shape index (κ3) is 3.95. The van der Waals surface area contributed by atoms with Crippen LogP contribution in [0.3, 0.4) is 0 Å². The molecule has 1 aliphatic rings. The Hall–Kier alpha value is -1.14. The molecule has 0 aromatic heterocycles. The minimum absolute atomic E-state index is 0.0468. The van der Waals surface area contributed by atoms with E-state index in [1.54, 1.807) is 12.1 Å². The second-order valence-electron chi connectivity index (χ2n) is 4.86. The molecule has 21 heavy (non-hydrogen) atoms. The lowest BCUT2D eigenvalue weighted by Crippen LogP contribution is -2.46. The van der Waals surface area contributed by atoms with E-state index in [9.17, 15) is 18.0 Å². The number of likely N-dealkylation sites (tertiary alicyclic amines) is 1. The Balaban J connectivity index is 2.05. The molecular formula is C13H13Cl2F3N2O. The van der Waals surface area contributed by atoms with Gasteiger partial charge in [0, 0.05) is 13.1 Å². The molecule has 0 saturated carbocycles. The summed E-state index contributed by atoms with van der Waals surface area (Å²) in [6, 6.07) is 4.09. The van der Waals surface area contributed by atoms with Gasteiger partial charge in [-0.3, -0.25) is 0 Å². The number of hydrogen-bond acceptors (Lipinski definition) is 1. The number of piperidine rings is 1. The molecule has 3 nitrogen and oxygen atoms in total. The number of hydrogen-bond donors (Lipinski definition) is 1. The van der Waals surface area contributed by atoms with Crippen molar-refractivity contribution in [2.45, 2.75) is 19.0 Å². The number of rotatable bonds is 1. The lowest BCUT2D eigenvalue weighted by Gasteiger charge is -2.33. The van der Waals surface area contributed by atoms with Crippen molar-refractivity contribution in [3.05, 3.63) is 28.2 Å².